The Kier molecular flexibility index (Phi) is 5.65. The zero-order valence-corrected chi connectivity index (χ0v) is 17.5. The predicted molar refractivity (Wildman–Crippen MR) is 109 cm³/mol. The van der Waals surface area contributed by atoms with Gasteiger partial charge in [0, 0.05) is 11.8 Å². The maximum absolute atomic E-state index is 13.6. The number of methoxy groups -OCH3 is 2. The number of sulfonamides is 1. The molecule has 0 aliphatic carbocycles. The molecule has 1 aliphatic rings. The predicted octanol–water partition coefficient (Wildman–Crippen LogP) is 0.639. The van der Waals surface area contributed by atoms with Crippen molar-refractivity contribution < 1.29 is 31.4 Å². The van der Waals surface area contributed by atoms with Crippen LogP contribution in [-0.4, -0.2) is 59.8 Å². The number of sulfone groups is 1. The summed E-state index contributed by atoms with van der Waals surface area (Å²) in [5, 5.41) is 10.4. The number of benzene rings is 2. The van der Waals surface area contributed by atoms with Crippen LogP contribution >= 0.6 is 0 Å². The van der Waals surface area contributed by atoms with E-state index in [1.165, 1.54) is 56.7 Å². The highest BCUT2D eigenvalue weighted by Crippen LogP contribution is 2.36. The molecular formula is C18H22N2O7S2. The lowest BCUT2D eigenvalue weighted by Crippen LogP contribution is -2.47. The number of nitrogens with two attached hydrogens (primary N) is 1. The quantitative estimate of drug-likeness (QED) is 0.622. The number of nitrogen functional groups attached to an aromatic ring is 1. The Morgan fingerprint density at radius 3 is 2.24 bits per heavy atom. The Morgan fingerprint density at radius 2 is 1.72 bits per heavy atom. The van der Waals surface area contributed by atoms with Crippen LogP contribution in [0, 0.1) is 0 Å². The minimum atomic E-state index is -4.31. The molecule has 0 aromatic heterocycles. The Labute approximate surface area is 169 Å². The molecule has 0 saturated carbocycles. The van der Waals surface area contributed by atoms with E-state index in [-0.39, 0.29) is 16.3 Å². The highest BCUT2D eigenvalue weighted by molar-refractivity contribution is 7.93. The van der Waals surface area contributed by atoms with Crippen molar-refractivity contribution in [2.24, 2.45) is 0 Å². The van der Waals surface area contributed by atoms with Crippen molar-refractivity contribution >= 4 is 31.2 Å². The SMILES string of the molecule is COc1ccc(S(=O)(=O)N(c2ccc(N)cc2)[C@@H]2CS(=O)(=O)C[C@H]2O)c(OC)c1. The lowest BCUT2D eigenvalue weighted by Gasteiger charge is -2.32. The molecule has 0 radical (unpaired) electrons. The second-order valence-corrected chi connectivity index (χ2v) is 10.6. The van der Waals surface area contributed by atoms with Crippen molar-refractivity contribution in [2.45, 2.75) is 17.0 Å². The van der Waals surface area contributed by atoms with E-state index in [0.717, 1.165) is 4.31 Å². The maximum atomic E-state index is 13.6. The number of nitrogens with zero attached hydrogens (tertiary/aromatic N) is 1. The van der Waals surface area contributed by atoms with Gasteiger partial charge in [0.15, 0.2) is 9.84 Å². The first-order valence-electron chi connectivity index (χ1n) is 8.59. The monoisotopic (exact) mass is 442 g/mol. The third kappa shape index (κ3) is 4.11. The molecule has 0 unspecified atom stereocenters. The Morgan fingerprint density at radius 1 is 1.07 bits per heavy atom. The first kappa shape index (κ1) is 21.2. The summed E-state index contributed by atoms with van der Waals surface area (Å²) in [6.07, 6.45) is -1.38. The summed E-state index contributed by atoms with van der Waals surface area (Å²) >= 11 is 0. The van der Waals surface area contributed by atoms with Gasteiger partial charge in [0.1, 0.15) is 16.4 Å². The average Bonchev–Trinajstić information content (AvgIpc) is 2.94. The van der Waals surface area contributed by atoms with Crippen molar-refractivity contribution in [3.05, 3.63) is 42.5 Å². The first-order chi connectivity index (χ1) is 13.6. The summed E-state index contributed by atoms with van der Waals surface area (Å²) in [7, 11) is -5.17. The number of anilines is 2. The van der Waals surface area contributed by atoms with Crippen LogP contribution < -0.4 is 19.5 Å². The molecule has 0 spiro atoms. The van der Waals surface area contributed by atoms with Crippen LogP contribution in [0.25, 0.3) is 0 Å². The normalized spacial score (nSPS) is 20.9. The summed E-state index contributed by atoms with van der Waals surface area (Å²) in [5.41, 5.74) is 6.29. The number of aliphatic hydroxyl groups is 1. The van der Waals surface area contributed by atoms with Crippen LogP contribution in [0.4, 0.5) is 11.4 Å². The highest BCUT2D eigenvalue weighted by Gasteiger charge is 2.45. The van der Waals surface area contributed by atoms with E-state index in [4.69, 9.17) is 15.2 Å². The van der Waals surface area contributed by atoms with Gasteiger partial charge in [0.05, 0.1) is 43.6 Å². The van der Waals surface area contributed by atoms with Crippen molar-refractivity contribution in [1.29, 1.82) is 0 Å². The lowest BCUT2D eigenvalue weighted by molar-refractivity contribution is 0.184. The Bertz CT molecular complexity index is 1100. The minimum absolute atomic E-state index is 0.0279. The van der Waals surface area contributed by atoms with Gasteiger partial charge in [0.2, 0.25) is 0 Å². The van der Waals surface area contributed by atoms with Gasteiger partial charge >= 0.3 is 0 Å². The largest absolute Gasteiger partial charge is 0.497 e. The van der Waals surface area contributed by atoms with Crippen molar-refractivity contribution in [2.75, 3.05) is 35.8 Å². The molecule has 1 heterocycles. The van der Waals surface area contributed by atoms with Crippen molar-refractivity contribution in [1.82, 2.24) is 0 Å². The number of hydrogen-bond acceptors (Lipinski definition) is 8. The van der Waals surface area contributed by atoms with Gasteiger partial charge in [-0.25, -0.2) is 16.8 Å². The average molecular weight is 443 g/mol. The molecule has 11 heteroatoms. The number of hydrogen-bond donors (Lipinski definition) is 2. The fourth-order valence-corrected chi connectivity index (χ4v) is 6.94. The molecule has 158 valence electrons. The highest BCUT2D eigenvalue weighted by atomic mass is 32.2. The number of rotatable bonds is 6. The summed E-state index contributed by atoms with van der Waals surface area (Å²) in [6.45, 7) is 0. The smallest absolute Gasteiger partial charge is 0.268 e. The molecule has 3 rings (SSSR count). The van der Waals surface area contributed by atoms with Crippen LogP contribution in [0.1, 0.15) is 0 Å². The molecule has 0 bridgehead atoms. The molecule has 0 amide bonds. The zero-order chi connectivity index (χ0) is 21.4. The van der Waals surface area contributed by atoms with Crippen LogP contribution in [0.15, 0.2) is 47.4 Å². The third-order valence-corrected chi connectivity index (χ3v) is 8.24. The molecule has 2 aromatic carbocycles. The van der Waals surface area contributed by atoms with Crippen LogP contribution in [0.3, 0.4) is 0 Å². The molecule has 2 atom stereocenters. The number of ether oxygens (including phenoxy) is 2. The molecule has 1 fully saturated rings. The molecule has 2 aromatic rings. The van der Waals surface area contributed by atoms with Gasteiger partial charge in [-0.2, -0.15) is 0 Å². The molecule has 3 N–H and O–H groups in total. The van der Waals surface area contributed by atoms with Gasteiger partial charge in [-0.05, 0) is 36.4 Å². The standard InChI is InChI=1S/C18H22N2O7S2/c1-26-14-7-8-18(17(9-14)27-2)29(24,25)20(13-5-3-12(19)4-6-13)15-10-28(22,23)11-16(15)21/h3-9,15-16,21H,10-11,19H2,1-2H3/t15-,16-/m1/s1. The van der Waals surface area contributed by atoms with Crippen LogP contribution in [0.5, 0.6) is 11.5 Å². The van der Waals surface area contributed by atoms with E-state index >= 15 is 0 Å². The first-order valence-corrected chi connectivity index (χ1v) is 11.9. The van der Waals surface area contributed by atoms with Gasteiger partial charge in [-0.15, -0.1) is 0 Å². The zero-order valence-electron chi connectivity index (χ0n) is 15.8. The molecule has 9 nitrogen and oxygen atoms in total. The topological polar surface area (TPSA) is 136 Å². The summed E-state index contributed by atoms with van der Waals surface area (Å²) in [5.74, 6) is -0.599. The van der Waals surface area contributed by atoms with Crippen molar-refractivity contribution in [3.63, 3.8) is 0 Å². The number of aliphatic hydroxyl groups excluding tert-OH is 1. The molecular weight excluding hydrogens is 420 g/mol. The maximum Gasteiger partial charge on any atom is 0.268 e. The van der Waals surface area contributed by atoms with E-state index in [1.54, 1.807) is 0 Å². The van der Waals surface area contributed by atoms with Gasteiger partial charge < -0.3 is 20.3 Å². The summed E-state index contributed by atoms with van der Waals surface area (Å²) in [4.78, 5) is -0.186. The lowest BCUT2D eigenvalue weighted by atomic mass is 10.2. The minimum Gasteiger partial charge on any atom is -0.497 e. The molecule has 29 heavy (non-hydrogen) atoms. The van der Waals surface area contributed by atoms with Gasteiger partial charge in [0.25, 0.3) is 10.0 Å². The van der Waals surface area contributed by atoms with Gasteiger partial charge in [-0.1, -0.05) is 0 Å². The fourth-order valence-electron chi connectivity index (χ4n) is 3.26. The fraction of sp³-hybridized carbons (Fsp3) is 0.333. The van der Waals surface area contributed by atoms with E-state index < -0.39 is 43.5 Å². The van der Waals surface area contributed by atoms with Gasteiger partial charge in [-0.3, -0.25) is 4.31 Å². The summed E-state index contributed by atoms with van der Waals surface area (Å²) < 4.78 is 62.6. The summed E-state index contributed by atoms with van der Waals surface area (Å²) in [6, 6.07) is 8.90. The van der Waals surface area contributed by atoms with E-state index in [2.05, 4.69) is 0 Å². The molecule has 1 saturated heterocycles. The third-order valence-electron chi connectivity index (χ3n) is 4.65. The second-order valence-electron chi connectivity index (χ2n) is 6.62. The Hall–Kier alpha value is -2.50. The van der Waals surface area contributed by atoms with Crippen LogP contribution in [0.2, 0.25) is 0 Å². The van der Waals surface area contributed by atoms with Crippen LogP contribution in [-0.2, 0) is 19.9 Å². The second kappa shape index (κ2) is 7.73. The van der Waals surface area contributed by atoms with E-state index in [0.29, 0.717) is 11.4 Å². The van der Waals surface area contributed by atoms with E-state index in [1.807, 2.05) is 0 Å². The molecule has 1 aliphatic heterocycles. The van der Waals surface area contributed by atoms with E-state index in [9.17, 15) is 21.9 Å². The Balaban J connectivity index is 2.19. The van der Waals surface area contributed by atoms with Crippen molar-refractivity contribution in [3.8, 4) is 11.5 Å².